The van der Waals surface area contributed by atoms with Crippen LogP contribution < -0.4 is 16.0 Å². The molecule has 0 aromatic carbocycles. The van der Waals surface area contributed by atoms with Crippen LogP contribution in [0.25, 0.3) is 0 Å². The zero-order valence-electron chi connectivity index (χ0n) is 12.8. The van der Waals surface area contributed by atoms with Crippen LogP contribution in [-0.4, -0.2) is 54.3 Å². The molecule has 3 amide bonds. The molecule has 0 aliphatic carbocycles. The van der Waals surface area contributed by atoms with Crippen molar-refractivity contribution in [1.82, 2.24) is 16.0 Å². The van der Waals surface area contributed by atoms with E-state index in [0.29, 0.717) is 18.2 Å². The van der Waals surface area contributed by atoms with Crippen LogP contribution in [0.15, 0.2) is 0 Å². The van der Waals surface area contributed by atoms with E-state index in [4.69, 9.17) is 4.74 Å². The van der Waals surface area contributed by atoms with Crippen molar-refractivity contribution >= 4 is 23.7 Å². The highest BCUT2D eigenvalue weighted by Gasteiger charge is 2.42. The lowest BCUT2D eigenvalue weighted by molar-refractivity contribution is -0.121. The molecule has 3 aliphatic rings. The van der Waals surface area contributed by atoms with E-state index >= 15 is 0 Å². The van der Waals surface area contributed by atoms with E-state index in [0.717, 1.165) is 44.5 Å². The number of ether oxygens (including phenoxy) is 1. The fourth-order valence-corrected chi connectivity index (χ4v) is 4.94. The Morgan fingerprint density at radius 1 is 1.36 bits per heavy atom. The summed E-state index contributed by atoms with van der Waals surface area (Å²) in [5, 5.41) is 9.40. The molecule has 3 N–H and O–H groups in total. The molecule has 3 saturated heterocycles. The highest BCUT2D eigenvalue weighted by Crippen LogP contribution is 2.33. The number of carbonyl (C=O) groups is 2. The maximum Gasteiger partial charge on any atom is 0.315 e. The molecule has 7 heteroatoms. The molecule has 124 valence electrons. The standard InChI is InChI=1S/C15H25N3O3S/c19-13(16-8-10-4-3-7-21-10)6-2-1-5-12-14-11(9-22-12)17-15(20)18-14/h10-12,14H,1-9H2,(H,16,19)(H2,17,18,20)/t10?,11-,12-,14-/m0/s1. The predicted molar refractivity (Wildman–Crippen MR) is 85.9 cm³/mol. The minimum atomic E-state index is -0.0335. The molecule has 0 aromatic heterocycles. The lowest BCUT2D eigenvalue weighted by atomic mass is 10.0. The van der Waals surface area contributed by atoms with Crippen molar-refractivity contribution in [3.63, 3.8) is 0 Å². The van der Waals surface area contributed by atoms with E-state index in [1.165, 1.54) is 0 Å². The first-order valence-corrected chi connectivity index (χ1v) is 9.34. The number of nitrogens with one attached hydrogen (secondary N) is 3. The third kappa shape index (κ3) is 4.07. The van der Waals surface area contributed by atoms with Gasteiger partial charge >= 0.3 is 6.03 Å². The number of amides is 3. The zero-order valence-corrected chi connectivity index (χ0v) is 13.6. The van der Waals surface area contributed by atoms with Crippen molar-refractivity contribution in [2.24, 2.45) is 0 Å². The molecule has 0 aromatic rings. The second-order valence-electron chi connectivity index (χ2n) is 6.31. The minimum Gasteiger partial charge on any atom is -0.376 e. The Labute approximate surface area is 135 Å². The Bertz CT molecular complexity index is 415. The fraction of sp³-hybridized carbons (Fsp3) is 0.867. The SMILES string of the molecule is O=C(CCCC[C@@H]1SC[C@@H]2NC(=O)N[C@@H]21)NCC1CCCO1. The Kier molecular flexibility index (Phi) is 5.46. The summed E-state index contributed by atoms with van der Waals surface area (Å²) in [5.41, 5.74) is 0. The average Bonchev–Trinajstić information content (AvgIpc) is 3.19. The lowest BCUT2D eigenvalue weighted by Gasteiger charge is -2.16. The zero-order chi connectivity index (χ0) is 15.4. The van der Waals surface area contributed by atoms with Gasteiger partial charge < -0.3 is 20.7 Å². The van der Waals surface area contributed by atoms with Crippen LogP contribution in [0.3, 0.4) is 0 Å². The quantitative estimate of drug-likeness (QED) is 0.482. The summed E-state index contributed by atoms with van der Waals surface area (Å²) < 4.78 is 5.49. The van der Waals surface area contributed by atoms with Crippen LogP contribution >= 0.6 is 11.8 Å². The van der Waals surface area contributed by atoms with Gasteiger partial charge in [0, 0.05) is 30.6 Å². The third-order valence-electron chi connectivity index (χ3n) is 4.63. The molecule has 0 spiro atoms. The van der Waals surface area contributed by atoms with Gasteiger partial charge in [-0.2, -0.15) is 11.8 Å². The van der Waals surface area contributed by atoms with E-state index in [1.807, 2.05) is 11.8 Å². The first kappa shape index (κ1) is 15.9. The van der Waals surface area contributed by atoms with Gasteiger partial charge in [-0.1, -0.05) is 6.42 Å². The number of rotatable bonds is 7. The molecular formula is C15H25N3O3S. The molecule has 3 rings (SSSR count). The molecule has 22 heavy (non-hydrogen) atoms. The van der Waals surface area contributed by atoms with Crippen LogP contribution in [0.1, 0.15) is 38.5 Å². The van der Waals surface area contributed by atoms with Gasteiger partial charge in [0.2, 0.25) is 5.91 Å². The molecule has 0 radical (unpaired) electrons. The highest BCUT2D eigenvalue weighted by atomic mass is 32.2. The van der Waals surface area contributed by atoms with Crippen molar-refractivity contribution in [2.75, 3.05) is 18.9 Å². The van der Waals surface area contributed by atoms with Crippen LogP contribution in [0.5, 0.6) is 0 Å². The Balaban J connectivity index is 1.26. The maximum absolute atomic E-state index is 11.8. The molecule has 3 fully saturated rings. The molecule has 0 saturated carbocycles. The summed E-state index contributed by atoms with van der Waals surface area (Å²) in [6.07, 6.45) is 5.97. The van der Waals surface area contributed by atoms with E-state index in [-0.39, 0.29) is 30.1 Å². The van der Waals surface area contributed by atoms with E-state index in [2.05, 4.69) is 16.0 Å². The molecule has 6 nitrogen and oxygen atoms in total. The van der Waals surface area contributed by atoms with Gasteiger partial charge in [0.25, 0.3) is 0 Å². The van der Waals surface area contributed by atoms with Crippen molar-refractivity contribution in [3.05, 3.63) is 0 Å². The van der Waals surface area contributed by atoms with Gasteiger partial charge in [0.15, 0.2) is 0 Å². The summed E-state index contributed by atoms with van der Waals surface area (Å²) in [7, 11) is 0. The number of hydrogen-bond donors (Lipinski definition) is 3. The second kappa shape index (κ2) is 7.55. The van der Waals surface area contributed by atoms with Gasteiger partial charge in [-0.05, 0) is 25.7 Å². The third-order valence-corrected chi connectivity index (χ3v) is 6.14. The molecule has 0 bridgehead atoms. The minimum absolute atomic E-state index is 0.0335. The van der Waals surface area contributed by atoms with Crippen molar-refractivity contribution in [3.8, 4) is 0 Å². The molecule has 1 unspecified atom stereocenters. The van der Waals surface area contributed by atoms with Crippen LogP contribution in [0.4, 0.5) is 4.79 Å². The van der Waals surface area contributed by atoms with E-state index in [9.17, 15) is 9.59 Å². The average molecular weight is 327 g/mol. The Hall–Kier alpha value is -0.950. The highest BCUT2D eigenvalue weighted by molar-refractivity contribution is 8.00. The summed E-state index contributed by atoms with van der Waals surface area (Å²) in [4.78, 5) is 23.1. The second-order valence-corrected chi connectivity index (χ2v) is 7.58. The number of unbranched alkanes of at least 4 members (excludes halogenated alkanes) is 1. The Morgan fingerprint density at radius 3 is 3.09 bits per heavy atom. The first-order valence-electron chi connectivity index (χ1n) is 8.29. The van der Waals surface area contributed by atoms with Gasteiger partial charge in [0.1, 0.15) is 0 Å². The fourth-order valence-electron chi connectivity index (χ4n) is 3.40. The number of fused-ring (bicyclic) bond motifs is 1. The van der Waals surface area contributed by atoms with Gasteiger partial charge in [0.05, 0.1) is 18.2 Å². The lowest BCUT2D eigenvalue weighted by Crippen LogP contribution is -2.36. The topological polar surface area (TPSA) is 79.5 Å². The number of thioether (sulfide) groups is 1. The van der Waals surface area contributed by atoms with Crippen LogP contribution in [-0.2, 0) is 9.53 Å². The molecular weight excluding hydrogens is 302 g/mol. The van der Waals surface area contributed by atoms with Crippen LogP contribution in [0, 0.1) is 0 Å². The van der Waals surface area contributed by atoms with Gasteiger partial charge in [-0.3, -0.25) is 4.79 Å². The normalized spacial score (nSPS) is 33.4. The molecule has 4 atom stereocenters. The summed E-state index contributed by atoms with van der Waals surface area (Å²) >= 11 is 1.93. The molecule has 3 heterocycles. The smallest absolute Gasteiger partial charge is 0.315 e. The van der Waals surface area contributed by atoms with Crippen molar-refractivity contribution in [2.45, 2.75) is 62.0 Å². The van der Waals surface area contributed by atoms with E-state index < -0.39 is 0 Å². The summed E-state index contributed by atoms with van der Waals surface area (Å²) in [6.45, 7) is 1.48. The van der Waals surface area contributed by atoms with Crippen LogP contribution in [0.2, 0.25) is 0 Å². The van der Waals surface area contributed by atoms with Crippen molar-refractivity contribution in [1.29, 1.82) is 0 Å². The molecule has 3 aliphatic heterocycles. The largest absolute Gasteiger partial charge is 0.376 e. The predicted octanol–water partition coefficient (Wildman–Crippen LogP) is 1.01. The maximum atomic E-state index is 11.8. The van der Waals surface area contributed by atoms with Crippen molar-refractivity contribution < 1.29 is 14.3 Å². The van der Waals surface area contributed by atoms with E-state index in [1.54, 1.807) is 0 Å². The number of urea groups is 1. The monoisotopic (exact) mass is 327 g/mol. The van der Waals surface area contributed by atoms with Gasteiger partial charge in [-0.15, -0.1) is 0 Å². The first-order chi connectivity index (χ1) is 10.7. The Morgan fingerprint density at radius 2 is 2.27 bits per heavy atom. The number of carbonyl (C=O) groups excluding carboxylic acids is 2. The van der Waals surface area contributed by atoms with Gasteiger partial charge in [-0.25, -0.2) is 4.79 Å². The summed E-state index contributed by atoms with van der Waals surface area (Å²) in [6, 6.07) is 0.525. The summed E-state index contributed by atoms with van der Waals surface area (Å²) in [5.74, 6) is 1.12. The number of hydrogen-bond acceptors (Lipinski definition) is 4.